The first-order valence-electron chi connectivity index (χ1n) is 5.33. The minimum atomic E-state index is 0.299. The van der Waals surface area contributed by atoms with Gasteiger partial charge in [-0.2, -0.15) is 0 Å². The minimum Gasteiger partial charge on any atom is -0.327 e. The van der Waals surface area contributed by atoms with Crippen LogP contribution in [-0.4, -0.2) is 6.04 Å². The smallest absolute Gasteiger partial charge is 0.0177 e. The summed E-state index contributed by atoms with van der Waals surface area (Å²) in [6.45, 7) is 0. The molecule has 4 unspecified atom stereocenters. The van der Waals surface area contributed by atoms with Crippen molar-refractivity contribution in [2.24, 2.45) is 29.4 Å². The molecule has 3 aliphatic rings. The Kier molecular flexibility index (Phi) is 1.74. The van der Waals surface area contributed by atoms with Gasteiger partial charge < -0.3 is 5.73 Å². The van der Waals surface area contributed by atoms with Crippen LogP contribution in [0.3, 0.4) is 0 Å². The molecule has 0 heterocycles. The fraction of sp³-hybridized carbons (Fsp3) is 0.385. The van der Waals surface area contributed by atoms with E-state index in [-0.39, 0.29) is 0 Å². The van der Waals surface area contributed by atoms with Crippen molar-refractivity contribution < 1.29 is 0 Å². The van der Waals surface area contributed by atoms with E-state index < -0.39 is 0 Å². The third kappa shape index (κ3) is 0.992. The van der Waals surface area contributed by atoms with Gasteiger partial charge in [-0.15, -0.1) is 0 Å². The molecular formula is C13H15N. The number of allylic oxidation sites excluding steroid dienone is 6. The van der Waals surface area contributed by atoms with E-state index in [1.807, 2.05) is 0 Å². The molecule has 2 N–H and O–H groups in total. The second-order valence-corrected chi connectivity index (χ2v) is 4.43. The van der Waals surface area contributed by atoms with Crippen molar-refractivity contribution in [2.45, 2.75) is 6.04 Å². The zero-order chi connectivity index (χ0) is 9.54. The van der Waals surface area contributed by atoms with Gasteiger partial charge in [0, 0.05) is 6.04 Å². The molecule has 1 nitrogen and oxygen atoms in total. The van der Waals surface area contributed by atoms with Crippen LogP contribution in [-0.2, 0) is 0 Å². The number of rotatable bonds is 0. The second-order valence-electron chi connectivity index (χ2n) is 4.43. The number of hydrogen-bond acceptors (Lipinski definition) is 1. The van der Waals surface area contributed by atoms with E-state index in [0.717, 1.165) is 0 Å². The third-order valence-electron chi connectivity index (χ3n) is 3.78. The molecular weight excluding hydrogens is 170 g/mol. The number of fused-ring (bicyclic) bond motifs is 3. The minimum absolute atomic E-state index is 0.299. The number of hydrogen-bond donors (Lipinski definition) is 1. The molecule has 0 aromatic rings. The lowest BCUT2D eigenvalue weighted by atomic mass is 9.83. The molecule has 0 aromatic carbocycles. The van der Waals surface area contributed by atoms with Gasteiger partial charge in [0.15, 0.2) is 0 Å². The molecule has 0 spiro atoms. The van der Waals surface area contributed by atoms with E-state index in [2.05, 4.69) is 48.6 Å². The highest BCUT2D eigenvalue weighted by Crippen LogP contribution is 2.46. The van der Waals surface area contributed by atoms with Crippen LogP contribution in [0.2, 0.25) is 0 Å². The van der Waals surface area contributed by atoms with Crippen molar-refractivity contribution in [2.75, 3.05) is 0 Å². The van der Waals surface area contributed by atoms with Crippen molar-refractivity contribution in [1.29, 1.82) is 0 Å². The molecule has 4 atom stereocenters. The van der Waals surface area contributed by atoms with E-state index in [0.29, 0.717) is 29.7 Å². The first kappa shape index (κ1) is 8.25. The van der Waals surface area contributed by atoms with Gasteiger partial charge in [0.1, 0.15) is 0 Å². The van der Waals surface area contributed by atoms with Gasteiger partial charge in [-0.3, -0.25) is 0 Å². The van der Waals surface area contributed by atoms with Crippen LogP contribution in [0.4, 0.5) is 0 Å². The van der Waals surface area contributed by atoms with Crippen LogP contribution in [0.25, 0.3) is 0 Å². The van der Waals surface area contributed by atoms with Gasteiger partial charge in [-0.05, 0) is 23.7 Å². The largest absolute Gasteiger partial charge is 0.327 e. The Morgan fingerprint density at radius 3 is 1.36 bits per heavy atom. The Morgan fingerprint density at radius 2 is 0.929 bits per heavy atom. The van der Waals surface area contributed by atoms with Crippen LogP contribution < -0.4 is 5.73 Å². The summed E-state index contributed by atoms with van der Waals surface area (Å²) < 4.78 is 0. The predicted molar refractivity (Wildman–Crippen MR) is 58.5 cm³/mol. The summed E-state index contributed by atoms with van der Waals surface area (Å²) in [5.74, 6) is 2.34. The van der Waals surface area contributed by atoms with Gasteiger partial charge in [-0.1, -0.05) is 48.6 Å². The molecule has 1 fully saturated rings. The average Bonchev–Trinajstić information content (AvgIpc) is 2.55. The summed E-state index contributed by atoms with van der Waals surface area (Å²) in [6, 6.07) is 0.299. The van der Waals surface area contributed by atoms with Gasteiger partial charge in [0.2, 0.25) is 0 Å². The molecule has 3 rings (SSSR count). The maximum atomic E-state index is 6.27. The van der Waals surface area contributed by atoms with Gasteiger partial charge in [0.05, 0.1) is 0 Å². The van der Waals surface area contributed by atoms with Crippen molar-refractivity contribution in [3.05, 3.63) is 48.6 Å². The lowest BCUT2D eigenvalue weighted by Crippen LogP contribution is -2.31. The van der Waals surface area contributed by atoms with E-state index >= 15 is 0 Å². The van der Waals surface area contributed by atoms with Crippen molar-refractivity contribution in [3.63, 3.8) is 0 Å². The summed E-state index contributed by atoms with van der Waals surface area (Å²) in [4.78, 5) is 0. The van der Waals surface area contributed by atoms with E-state index in [1.165, 1.54) is 0 Å². The molecule has 0 bridgehead atoms. The zero-order valence-electron chi connectivity index (χ0n) is 8.08. The monoisotopic (exact) mass is 185 g/mol. The zero-order valence-corrected chi connectivity index (χ0v) is 8.08. The Balaban J connectivity index is 2.00. The van der Waals surface area contributed by atoms with Crippen LogP contribution >= 0.6 is 0 Å². The van der Waals surface area contributed by atoms with Crippen LogP contribution in [0.5, 0.6) is 0 Å². The van der Waals surface area contributed by atoms with E-state index in [4.69, 9.17) is 5.73 Å². The summed E-state index contributed by atoms with van der Waals surface area (Å²) in [7, 11) is 0. The molecule has 0 saturated heterocycles. The standard InChI is InChI=1S/C13H15N/c14-13-11-7-3-1-5-9(11)10-6-2-4-8-12(10)13/h1-13H,14H2. The topological polar surface area (TPSA) is 26.0 Å². The van der Waals surface area contributed by atoms with E-state index in [1.54, 1.807) is 0 Å². The van der Waals surface area contributed by atoms with Crippen LogP contribution in [0.15, 0.2) is 48.6 Å². The fourth-order valence-corrected chi connectivity index (χ4v) is 3.08. The number of nitrogens with two attached hydrogens (primary N) is 1. The predicted octanol–water partition coefficient (Wildman–Crippen LogP) is 2.04. The van der Waals surface area contributed by atoms with Gasteiger partial charge >= 0.3 is 0 Å². The molecule has 3 aliphatic carbocycles. The molecule has 1 saturated carbocycles. The summed E-state index contributed by atoms with van der Waals surface area (Å²) in [5.41, 5.74) is 6.27. The summed E-state index contributed by atoms with van der Waals surface area (Å²) >= 11 is 0. The highest BCUT2D eigenvalue weighted by atomic mass is 14.7. The Labute approximate surface area is 84.7 Å². The molecule has 0 amide bonds. The molecule has 14 heavy (non-hydrogen) atoms. The van der Waals surface area contributed by atoms with E-state index in [9.17, 15) is 0 Å². The Hall–Kier alpha value is -1.08. The lowest BCUT2D eigenvalue weighted by Gasteiger charge is -2.21. The highest BCUT2D eigenvalue weighted by molar-refractivity contribution is 5.29. The molecule has 72 valence electrons. The fourth-order valence-electron chi connectivity index (χ4n) is 3.08. The first-order chi connectivity index (χ1) is 6.88. The molecule has 1 heteroatoms. The second kappa shape index (κ2) is 2.96. The summed E-state index contributed by atoms with van der Waals surface area (Å²) in [6.07, 6.45) is 17.8. The Morgan fingerprint density at radius 1 is 0.571 bits per heavy atom. The van der Waals surface area contributed by atoms with Crippen molar-refractivity contribution >= 4 is 0 Å². The SMILES string of the molecule is NC1C2C=CC=CC2C2C=CC=CC12. The van der Waals surface area contributed by atoms with Crippen LogP contribution in [0, 0.1) is 23.7 Å². The quantitative estimate of drug-likeness (QED) is 0.614. The van der Waals surface area contributed by atoms with Crippen LogP contribution in [0.1, 0.15) is 0 Å². The highest BCUT2D eigenvalue weighted by Gasteiger charge is 2.45. The molecule has 0 aliphatic heterocycles. The molecule has 0 radical (unpaired) electrons. The maximum Gasteiger partial charge on any atom is 0.0177 e. The Bertz CT molecular complexity index is 314. The molecule has 0 aromatic heterocycles. The average molecular weight is 185 g/mol. The van der Waals surface area contributed by atoms with Crippen molar-refractivity contribution in [3.8, 4) is 0 Å². The third-order valence-corrected chi connectivity index (χ3v) is 3.78. The van der Waals surface area contributed by atoms with Gasteiger partial charge in [-0.25, -0.2) is 0 Å². The van der Waals surface area contributed by atoms with Gasteiger partial charge in [0.25, 0.3) is 0 Å². The maximum absolute atomic E-state index is 6.27. The summed E-state index contributed by atoms with van der Waals surface area (Å²) in [5, 5.41) is 0. The normalized spacial score (nSPS) is 47.9. The van der Waals surface area contributed by atoms with Crippen molar-refractivity contribution in [1.82, 2.24) is 0 Å². The first-order valence-corrected chi connectivity index (χ1v) is 5.33. The lowest BCUT2D eigenvalue weighted by molar-refractivity contribution is 0.461.